The van der Waals surface area contributed by atoms with E-state index >= 15 is 0 Å². The molecule has 0 aromatic heterocycles. The first-order valence-electron chi connectivity index (χ1n) is 5.53. The Morgan fingerprint density at radius 3 is 2.82 bits per heavy atom. The summed E-state index contributed by atoms with van der Waals surface area (Å²) >= 11 is 3.09. The number of benzene rings is 1. The Bertz CT molecular complexity index is 403. The van der Waals surface area contributed by atoms with Gasteiger partial charge in [0.15, 0.2) is 0 Å². The molecule has 0 aliphatic carbocycles. The highest BCUT2D eigenvalue weighted by Gasteiger charge is 2.38. The van der Waals surface area contributed by atoms with E-state index in [1.807, 2.05) is 0 Å². The minimum absolute atomic E-state index is 0.0802. The summed E-state index contributed by atoms with van der Waals surface area (Å²) in [5.74, 6) is -4.03. The minimum Gasteiger partial charge on any atom is -0.316 e. The second kappa shape index (κ2) is 4.98. The fourth-order valence-corrected chi connectivity index (χ4v) is 2.50. The van der Waals surface area contributed by atoms with Crippen LogP contribution in [0, 0.1) is 11.7 Å². The summed E-state index contributed by atoms with van der Waals surface area (Å²) in [5.41, 5.74) is -0.515. The van der Waals surface area contributed by atoms with E-state index in [-0.39, 0.29) is 12.3 Å². The maximum absolute atomic E-state index is 14.0. The first-order valence-corrected chi connectivity index (χ1v) is 6.32. The largest absolute Gasteiger partial charge is 0.316 e. The molecule has 1 aliphatic heterocycles. The first-order chi connectivity index (χ1) is 7.99. The highest BCUT2D eigenvalue weighted by atomic mass is 79.9. The van der Waals surface area contributed by atoms with E-state index in [2.05, 4.69) is 21.2 Å². The lowest BCUT2D eigenvalue weighted by molar-refractivity contribution is -0.0300. The molecule has 1 aromatic rings. The zero-order chi connectivity index (χ0) is 12.5. The third kappa shape index (κ3) is 3.01. The fourth-order valence-electron chi connectivity index (χ4n) is 2.14. The third-order valence-electron chi connectivity index (χ3n) is 3.03. The van der Waals surface area contributed by atoms with E-state index in [1.165, 1.54) is 6.07 Å². The lowest BCUT2D eigenvalue weighted by Gasteiger charge is -2.20. The van der Waals surface area contributed by atoms with Crippen LogP contribution in [0.2, 0.25) is 0 Å². The van der Waals surface area contributed by atoms with Crippen molar-refractivity contribution in [2.24, 2.45) is 5.92 Å². The number of hydrogen-bond acceptors (Lipinski definition) is 1. The van der Waals surface area contributed by atoms with Crippen LogP contribution in [0.25, 0.3) is 0 Å². The maximum Gasteiger partial charge on any atom is 0.276 e. The van der Waals surface area contributed by atoms with Gasteiger partial charge in [0.2, 0.25) is 0 Å². The summed E-state index contributed by atoms with van der Waals surface area (Å²) in [5, 5.41) is 3.04. The van der Waals surface area contributed by atoms with Crippen molar-refractivity contribution in [3.05, 3.63) is 34.1 Å². The Morgan fingerprint density at radius 2 is 2.18 bits per heavy atom. The van der Waals surface area contributed by atoms with Crippen LogP contribution >= 0.6 is 15.9 Å². The minimum atomic E-state index is -3.11. The van der Waals surface area contributed by atoms with Gasteiger partial charge in [-0.15, -0.1) is 0 Å². The van der Waals surface area contributed by atoms with E-state index in [0.29, 0.717) is 11.0 Å². The fraction of sp³-hybridized carbons (Fsp3) is 0.500. The smallest absolute Gasteiger partial charge is 0.276 e. The van der Waals surface area contributed by atoms with Crippen LogP contribution in [0.1, 0.15) is 18.4 Å². The van der Waals surface area contributed by atoms with Crippen molar-refractivity contribution in [3.8, 4) is 0 Å². The molecule has 17 heavy (non-hydrogen) atoms. The van der Waals surface area contributed by atoms with Gasteiger partial charge in [-0.1, -0.05) is 15.9 Å². The summed E-state index contributed by atoms with van der Waals surface area (Å²) in [6.07, 6.45) is 0.429. The van der Waals surface area contributed by atoms with Crippen molar-refractivity contribution in [2.75, 3.05) is 13.1 Å². The van der Waals surface area contributed by atoms with Crippen LogP contribution < -0.4 is 5.32 Å². The molecule has 0 saturated carbocycles. The van der Waals surface area contributed by atoms with Crippen LogP contribution in [0.5, 0.6) is 0 Å². The molecule has 0 amide bonds. The highest BCUT2D eigenvalue weighted by Crippen LogP contribution is 2.38. The Kier molecular flexibility index (Phi) is 3.78. The van der Waals surface area contributed by atoms with E-state index in [4.69, 9.17) is 0 Å². The summed E-state index contributed by atoms with van der Waals surface area (Å²) in [4.78, 5) is 0. The lowest BCUT2D eigenvalue weighted by Crippen LogP contribution is -2.21. The van der Waals surface area contributed by atoms with Gasteiger partial charge < -0.3 is 5.32 Å². The number of nitrogens with one attached hydrogen (secondary N) is 1. The second-order valence-electron chi connectivity index (χ2n) is 4.39. The van der Waals surface area contributed by atoms with Gasteiger partial charge in [0.25, 0.3) is 5.92 Å². The molecule has 5 heteroatoms. The standard InChI is InChI=1S/C12H13BrF3N/c13-9-1-2-11(14)10(5-9)12(15,16)6-8-3-4-17-7-8/h1-2,5,8,17H,3-4,6-7H2. The van der Waals surface area contributed by atoms with Gasteiger partial charge in [-0.05, 0) is 43.6 Å². The van der Waals surface area contributed by atoms with Gasteiger partial charge >= 0.3 is 0 Å². The quantitative estimate of drug-likeness (QED) is 0.898. The summed E-state index contributed by atoms with van der Waals surface area (Å²) in [7, 11) is 0. The lowest BCUT2D eigenvalue weighted by atomic mass is 9.95. The summed E-state index contributed by atoms with van der Waals surface area (Å²) in [6.45, 7) is 1.35. The average molecular weight is 308 g/mol. The number of alkyl halides is 2. The van der Waals surface area contributed by atoms with Crippen molar-refractivity contribution < 1.29 is 13.2 Å². The molecule has 0 radical (unpaired) electrons. The molecular weight excluding hydrogens is 295 g/mol. The van der Waals surface area contributed by atoms with Crippen LogP contribution in [-0.4, -0.2) is 13.1 Å². The summed E-state index contributed by atoms with van der Waals surface area (Å²) in [6, 6.07) is 3.66. The van der Waals surface area contributed by atoms with E-state index in [1.54, 1.807) is 0 Å². The molecule has 1 aliphatic rings. The molecule has 0 spiro atoms. The van der Waals surface area contributed by atoms with Gasteiger partial charge in [0.1, 0.15) is 5.82 Å². The zero-order valence-electron chi connectivity index (χ0n) is 9.15. The molecule has 2 rings (SSSR count). The molecule has 1 saturated heterocycles. The summed E-state index contributed by atoms with van der Waals surface area (Å²) < 4.78 is 41.8. The van der Waals surface area contributed by atoms with E-state index in [0.717, 1.165) is 25.1 Å². The molecule has 1 heterocycles. The van der Waals surface area contributed by atoms with Crippen molar-refractivity contribution in [1.29, 1.82) is 0 Å². The normalized spacial score (nSPS) is 20.8. The van der Waals surface area contributed by atoms with Crippen LogP contribution in [0.3, 0.4) is 0 Å². The molecule has 94 valence electrons. The molecule has 1 fully saturated rings. The average Bonchev–Trinajstić information content (AvgIpc) is 2.73. The van der Waals surface area contributed by atoms with Crippen molar-refractivity contribution in [3.63, 3.8) is 0 Å². The maximum atomic E-state index is 14.0. The van der Waals surface area contributed by atoms with Crippen LogP contribution in [0.4, 0.5) is 13.2 Å². The Balaban J connectivity index is 2.20. The number of hydrogen-bond donors (Lipinski definition) is 1. The first kappa shape index (κ1) is 12.9. The Labute approximate surface area is 107 Å². The van der Waals surface area contributed by atoms with Gasteiger partial charge in [-0.3, -0.25) is 0 Å². The molecular formula is C12H13BrF3N. The van der Waals surface area contributed by atoms with Gasteiger partial charge in [-0.2, -0.15) is 0 Å². The van der Waals surface area contributed by atoms with Gasteiger partial charge in [0.05, 0.1) is 5.56 Å². The van der Waals surface area contributed by atoms with Crippen LogP contribution in [0.15, 0.2) is 22.7 Å². The molecule has 1 nitrogen and oxygen atoms in total. The number of rotatable bonds is 3. The molecule has 1 atom stereocenters. The molecule has 0 bridgehead atoms. The topological polar surface area (TPSA) is 12.0 Å². The van der Waals surface area contributed by atoms with Crippen molar-refractivity contribution in [2.45, 2.75) is 18.8 Å². The Hall–Kier alpha value is -0.550. The van der Waals surface area contributed by atoms with E-state index in [9.17, 15) is 13.2 Å². The van der Waals surface area contributed by atoms with E-state index < -0.39 is 17.3 Å². The SMILES string of the molecule is Fc1ccc(Br)cc1C(F)(F)CC1CCNC1. The monoisotopic (exact) mass is 307 g/mol. The second-order valence-corrected chi connectivity index (χ2v) is 5.31. The van der Waals surface area contributed by atoms with Gasteiger partial charge in [-0.25, -0.2) is 13.2 Å². The van der Waals surface area contributed by atoms with Gasteiger partial charge in [0, 0.05) is 10.9 Å². The number of halogens is 4. The van der Waals surface area contributed by atoms with Crippen molar-refractivity contribution >= 4 is 15.9 Å². The van der Waals surface area contributed by atoms with Crippen LogP contribution in [-0.2, 0) is 5.92 Å². The zero-order valence-corrected chi connectivity index (χ0v) is 10.7. The molecule has 1 N–H and O–H groups in total. The molecule has 1 aromatic carbocycles. The third-order valence-corrected chi connectivity index (χ3v) is 3.52. The molecule has 1 unspecified atom stereocenters. The predicted octanol–water partition coefficient (Wildman–Crippen LogP) is 3.68. The predicted molar refractivity (Wildman–Crippen MR) is 63.6 cm³/mol. The Morgan fingerprint density at radius 1 is 1.41 bits per heavy atom. The highest BCUT2D eigenvalue weighted by molar-refractivity contribution is 9.10. The van der Waals surface area contributed by atoms with Crippen molar-refractivity contribution in [1.82, 2.24) is 5.32 Å².